The number of nitrogens with two attached hydrogens (primary N) is 1. The first-order valence-electron chi connectivity index (χ1n) is 8.29. The number of hydrogen-bond donors (Lipinski definition) is 4. The highest BCUT2D eigenvalue weighted by Gasteiger charge is 2.25. The van der Waals surface area contributed by atoms with E-state index in [9.17, 15) is 9.59 Å². The van der Waals surface area contributed by atoms with Crippen molar-refractivity contribution in [3.05, 3.63) is 16.6 Å². The number of nitrogens with zero attached hydrogens (tertiary/aromatic N) is 1. The van der Waals surface area contributed by atoms with Crippen LogP contribution < -0.4 is 21.7 Å². The summed E-state index contributed by atoms with van der Waals surface area (Å²) < 4.78 is 0. The third kappa shape index (κ3) is 6.94. The summed E-state index contributed by atoms with van der Waals surface area (Å²) in [7, 11) is 0. The molecule has 0 aliphatic rings. The Kier molecular flexibility index (Phi) is 8.88. The van der Waals surface area contributed by atoms with Gasteiger partial charge in [0.25, 0.3) is 0 Å². The smallest absolute Gasteiger partial charge is 0.242 e. The number of carbonyl (C=O) groups excluding carboxylic acids is 2. The SMILES string of the molecule is CCNC(=O)C(NC(=O)C(C)NCC(N)Cc1cscn1)C(C)C. The van der Waals surface area contributed by atoms with Crippen molar-refractivity contribution in [1.82, 2.24) is 20.9 Å². The molecule has 0 saturated carbocycles. The zero-order valence-electron chi connectivity index (χ0n) is 14.8. The van der Waals surface area contributed by atoms with Gasteiger partial charge < -0.3 is 21.7 Å². The van der Waals surface area contributed by atoms with E-state index in [0.29, 0.717) is 19.5 Å². The van der Waals surface area contributed by atoms with E-state index in [-0.39, 0.29) is 23.8 Å². The van der Waals surface area contributed by atoms with Gasteiger partial charge in [0.15, 0.2) is 0 Å². The Morgan fingerprint density at radius 2 is 2.00 bits per heavy atom. The van der Waals surface area contributed by atoms with Crippen LogP contribution in [-0.4, -0.2) is 48.0 Å². The molecule has 2 amide bonds. The van der Waals surface area contributed by atoms with E-state index in [0.717, 1.165) is 5.69 Å². The summed E-state index contributed by atoms with van der Waals surface area (Å²) in [6.45, 7) is 8.46. The van der Waals surface area contributed by atoms with Crippen LogP contribution in [0, 0.1) is 5.92 Å². The second kappa shape index (κ2) is 10.4. The minimum Gasteiger partial charge on any atom is -0.355 e. The van der Waals surface area contributed by atoms with Crippen molar-refractivity contribution < 1.29 is 9.59 Å². The Labute approximate surface area is 147 Å². The summed E-state index contributed by atoms with van der Waals surface area (Å²) in [6.07, 6.45) is 0.665. The Morgan fingerprint density at radius 1 is 1.29 bits per heavy atom. The van der Waals surface area contributed by atoms with Crippen LogP contribution in [0.25, 0.3) is 0 Å². The molecule has 1 heterocycles. The van der Waals surface area contributed by atoms with Gasteiger partial charge in [-0.25, -0.2) is 4.98 Å². The maximum Gasteiger partial charge on any atom is 0.242 e. The number of likely N-dealkylation sites (N-methyl/N-ethyl adjacent to an activating group) is 1. The molecule has 136 valence electrons. The highest BCUT2D eigenvalue weighted by atomic mass is 32.1. The van der Waals surface area contributed by atoms with Crippen LogP contribution in [0.2, 0.25) is 0 Å². The Morgan fingerprint density at radius 3 is 2.54 bits per heavy atom. The van der Waals surface area contributed by atoms with E-state index >= 15 is 0 Å². The summed E-state index contributed by atoms with van der Waals surface area (Å²) in [5.74, 6) is -0.353. The van der Waals surface area contributed by atoms with Gasteiger partial charge in [0.05, 0.1) is 17.2 Å². The van der Waals surface area contributed by atoms with E-state index in [1.807, 2.05) is 26.2 Å². The van der Waals surface area contributed by atoms with Crippen LogP contribution in [0.15, 0.2) is 10.9 Å². The van der Waals surface area contributed by atoms with Crippen LogP contribution in [0.5, 0.6) is 0 Å². The van der Waals surface area contributed by atoms with Gasteiger partial charge in [0, 0.05) is 30.9 Å². The highest BCUT2D eigenvalue weighted by Crippen LogP contribution is 2.04. The van der Waals surface area contributed by atoms with Gasteiger partial charge >= 0.3 is 0 Å². The average molecular weight is 356 g/mol. The molecule has 0 aliphatic heterocycles. The number of nitrogens with one attached hydrogen (secondary N) is 3. The molecule has 0 aromatic carbocycles. The zero-order valence-corrected chi connectivity index (χ0v) is 15.7. The van der Waals surface area contributed by atoms with Gasteiger partial charge in [-0.05, 0) is 19.8 Å². The van der Waals surface area contributed by atoms with Crippen molar-refractivity contribution in [2.75, 3.05) is 13.1 Å². The number of carbonyl (C=O) groups is 2. The molecule has 8 heteroatoms. The lowest BCUT2D eigenvalue weighted by Gasteiger charge is -2.24. The molecule has 3 unspecified atom stereocenters. The highest BCUT2D eigenvalue weighted by molar-refractivity contribution is 7.07. The van der Waals surface area contributed by atoms with Crippen molar-refractivity contribution >= 4 is 23.2 Å². The summed E-state index contributed by atoms with van der Waals surface area (Å²) in [5, 5.41) is 10.6. The van der Waals surface area contributed by atoms with Gasteiger partial charge in [0.1, 0.15) is 6.04 Å². The fourth-order valence-electron chi connectivity index (χ4n) is 2.20. The molecule has 0 saturated heterocycles. The molecule has 5 N–H and O–H groups in total. The van der Waals surface area contributed by atoms with Crippen molar-refractivity contribution in [3.8, 4) is 0 Å². The van der Waals surface area contributed by atoms with Crippen LogP contribution >= 0.6 is 11.3 Å². The van der Waals surface area contributed by atoms with Crippen molar-refractivity contribution in [2.24, 2.45) is 11.7 Å². The van der Waals surface area contributed by atoms with Crippen LogP contribution in [0.4, 0.5) is 0 Å². The van der Waals surface area contributed by atoms with Crippen LogP contribution in [0.1, 0.15) is 33.4 Å². The maximum atomic E-state index is 12.3. The second-order valence-electron chi connectivity index (χ2n) is 6.20. The molecule has 0 aliphatic carbocycles. The van der Waals surface area contributed by atoms with Gasteiger partial charge in [0.2, 0.25) is 11.8 Å². The first-order chi connectivity index (χ1) is 11.3. The minimum atomic E-state index is -0.537. The van der Waals surface area contributed by atoms with E-state index in [1.165, 1.54) is 11.3 Å². The average Bonchev–Trinajstić information content (AvgIpc) is 3.02. The molecule has 0 bridgehead atoms. The standard InChI is InChI=1S/C16H29N5O2S/c1-5-18-16(23)14(10(2)3)21-15(22)11(4)19-7-12(17)6-13-8-24-9-20-13/h8-12,14,19H,5-7,17H2,1-4H3,(H,18,23)(H,21,22). The largest absolute Gasteiger partial charge is 0.355 e. The predicted molar refractivity (Wildman–Crippen MR) is 96.7 cm³/mol. The van der Waals surface area contributed by atoms with Crippen LogP contribution in [0.3, 0.4) is 0 Å². The topological polar surface area (TPSA) is 109 Å². The van der Waals surface area contributed by atoms with E-state index in [4.69, 9.17) is 5.73 Å². The lowest BCUT2D eigenvalue weighted by Crippen LogP contribution is -2.55. The molecule has 3 atom stereocenters. The number of amides is 2. The minimum absolute atomic E-state index is 0.0135. The first-order valence-corrected chi connectivity index (χ1v) is 9.23. The van der Waals surface area contributed by atoms with Gasteiger partial charge in [-0.3, -0.25) is 9.59 Å². The van der Waals surface area contributed by atoms with Gasteiger partial charge in [-0.2, -0.15) is 0 Å². The monoisotopic (exact) mass is 355 g/mol. The summed E-state index contributed by atoms with van der Waals surface area (Å²) >= 11 is 1.54. The first kappa shape index (κ1) is 20.5. The van der Waals surface area contributed by atoms with Gasteiger partial charge in [-0.1, -0.05) is 13.8 Å². The lowest BCUT2D eigenvalue weighted by molar-refractivity contribution is -0.130. The molecule has 7 nitrogen and oxygen atoms in total. The number of hydrogen-bond acceptors (Lipinski definition) is 6. The number of thiazole rings is 1. The Bertz CT molecular complexity index is 507. The molecule has 0 radical (unpaired) electrons. The Balaban J connectivity index is 2.43. The fourth-order valence-corrected chi connectivity index (χ4v) is 2.77. The molecule has 1 aromatic heterocycles. The summed E-state index contributed by atoms with van der Waals surface area (Å²) in [5.41, 5.74) is 8.79. The van der Waals surface area contributed by atoms with E-state index < -0.39 is 12.1 Å². The van der Waals surface area contributed by atoms with Crippen LogP contribution in [-0.2, 0) is 16.0 Å². The summed E-state index contributed by atoms with van der Waals surface area (Å²) in [6, 6.07) is -1.08. The second-order valence-corrected chi connectivity index (χ2v) is 6.92. The Hall–Kier alpha value is -1.51. The normalized spacial score (nSPS) is 14.9. The third-order valence-corrected chi connectivity index (χ3v) is 4.27. The summed E-state index contributed by atoms with van der Waals surface area (Å²) in [4.78, 5) is 28.5. The molecular formula is C16H29N5O2S. The van der Waals surface area contributed by atoms with Crippen molar-refractivity contribution in [3.63, 3.8) is 0 Å². The predicted octanol–water partition coefficient (Wildman–Crippen LogP) is 0.268. The number of rotatable bonds is 10. The quantitative estimate of drug-likeness (QED) is 0.482. The third-order valence-electron chi connectivity index (χ3n) is 3.63. The zero-order chi connectivity index (χ0) is 18.1. The molecule has 0 spiro atoms. The maximum absolute atomic E-state index is 12.3. The fraction of sp³-hybridized carbons (Fsp3) is 0.688. The molecular weight excluding hydrogens is 326 g/mol. The molecule has 1 aromatic rings. The molecule has 24 heavy (non-hydrogen) atoms. The van der Waals surface area contributed by atoms with Gasteiger partial charge in [-0.15, -0.1) is 11.3 Å². The van der Waals surface area contributed by atoms with Crippen molar-refractivity contribution in [1.29, 1.82) is 0 Å². The lowest BCUT2D eigenvalue weighted by atomic mass is 10.0. The van der Waals surface area contributed by atoms with E-state index in [2.05, 4.69) is 20.9 Å². The molecule has 0 fully saturated rings. The molecule has 1 rings (SSSR count). The number of aromatic nitrogens is 1. The van der Waals surface area contributed by atoms with E-state index in [1.54, 1.807) is 12.4 Å². The van der Waals surface area contributed by atoms with Crippen molar-refractivity contribution in [2.45, 2.75) is 52.2 Å².